The van der Waals surface area contributed by atoms with Crippen molar-refractivity contribution in [2.24, 2.45) is 0 Å². The van der Waals surface area contributed by atoms with Gasteiger partial charge in [-0.25, -0.2) is 0 Å². The van der Waals surface area contributed by atoms with Crippen molar-refractivity contribution in [2.75, 3.05) is 20.6 Å². The van der Waals surface area contributed by atoms with E-state index in [0.29, 0.717) is 12.1 Å². The summed E-state index contributed by atoms with van der Waals surface area (Å²) in [6, 6.07) is 11.4. The van der Waals surface area contributed by atoms with Crippen LogP contribution in [0.15, 0.2) is 47.1 Å². The number of carbonyl (C=O) groups excluding carboxylic acids is 1. The Balaban J connectivity index is 2.03. The van der Waals surface area contributed by atoms with Crippen molar-refractivity contribution >= 4 is 5.91 Å². The number of hydrogen-bond acceptors (Lipinski definition) is 3. The number of carbonyl (C=O) groups is 1. The Morgan fingerprint density at radius 3 is 2.60 bits per heavy atom. The summed E-state index contributed by atoms with van der Waals surface area (Å²) in [5, 5.41) is 2.97. The van der Waals surface area contributed by atoms with Crippen LogP contribution in [0.25, 0.3) is 0 Å². The normalized spacial score (nSPS) is 12.4. The molecule has 20 heavy (non-hydrogen) atoms. The molecule has 1 aromatic heterocycles. The molecule has 0 fully saturated rings. The van der Waals surface area contributed by atoms with Crippen LogP contribution < -0.4 is 5.32 Å². The molecule has 0 spiro atoms. The monoisotopic (exact) mass is 272 g/mol. The number of rotatable bonds is 5. The summed E-state index contributed by atoms with van der Waals surface area (Å²) in [5.74, 6) is 0.793. The third-order valence-corrected chi connectivity index (χ3v) is 3.34. The topological polar surface area (TPSA) is 45.5 Å². The van der Waals surface area contributed by atoms with E-state index in [-0.39, 0.29) is 11.9 Å². The van der Waals surface area contributed by atoms with Gasteiger partial charge in [-0.05, 0) is 44.8 Å². The highest BCUT2D eigenvalue weighted by Crippen LogP contribution is 2.18. The first-order valence-corrected chi connectivity index (χ1v) is 6.63. The molecule has 0 saturated heterocycles. The van der Waals surface area contributed by atoms with E-state index >= 15 is 0 Å². The second-order valence-corrected chi connectivity index (χ2v) is 5.02. The maximum atomic E-state index is 12.2. The largest absolute Gasteiger partial charge is 0.468 e. The molecule has 0 aliphatic heterocycles. The van der Waals surface area contributed by atoms with Crippen LogP contribution in [0.2, 0.25) is 0 Å². The van der Waals surface area contributed by atoms with Gasteiger partial charge in [-0.1, -0.05) is 18.2 Å². The minimum Gasteiger partial charge on any atom is -0.468 e. The maximum absolute atomic E-state index is 12.2. The molecular formula is C16H20N2O2. The van der Waals surface area contributed by atoms with Crippen LogP contribution >= 0.6 is 0 Å². The Hall–Kier alpha value is -2.07. The van der Waals surface area contributed by atoms with Crippen molar-refractivity contribution < 1.29 is 9.21 Å². The van der Waals surface area contributed by atoms with E-state index in [1.807, 2.05) is 62.3 Å². The Kier molecular flexibility index (Phi) is 4.58. The lowest BCUT2D eigenvalue weighted by molar-refractivity contribution is 0.0938. The molecule has 1 aromatic carbocycles. The van der Waals surface area contributed by atoms with Gasteiger partial charge in [0.05, 0.1) is 12.3 Å². The van der Waals surface area contributed by atoms with Gasteiger partial charge in [-0.3, -0.25) is 9.69 Å². The van der Waals surface area contributed by atoms with Crippen LogP contribution in [0, 0.1) is 6.92 Å². The summed E-state index contributed by atoms with van der Waals surface area (Å²) in [6.45, 7) is 2.44. The molecule has 0 aliphatic carbocycles. The molecule has 4 heteroatoms. The molecule has 0 aliphatic rings. The van der Waals surface area contributed by atoms with Crippen molar-refractivity contribution in [2.45, 2.75) is 13.0 Å². The predicted molar refractivity (Wildman–Crippen MR) is 78.6 cm³/mol. The second-order valence-electron chi connectivity index (χ2n) is 5.02. The number of aryl methyl sites for hydroxylation is 1. The van der Waals surface area contributed by atoms with E-state index in [4.69, 9.17) is 4.42 Å². The molecule has 1 heterocycles. The van der Waals surface area contributed by atoms with Crippen molar-refractivity contribution in [3.8, 4) is 0 Å². The van der Waals surface area contributed by atoms with Gasteiger partial charge in [0, 0.05) is 12.1 Å². The fourth-order valence-electron chi connectivity index (χ4n) is 2.13. The highest BCUT2D eigenvalue weighted by molar-refractivity contribution is 5.95. The van der Waals surface area contributed by atoms with E-state index in [1.54, 1.807) is 6.26 Å². The van der Waals surface area contributed by atoms with Crippen molar-refractivity contribution in [3.05, 3.63) is 59.5 Å². The van der Waals surface area contributed by atoms with Gasteiger partial charge in [0.15, 0.2) is 0 Å². The minimum absolute atomic E-state index is 0.0259. The van der Waals surface area contributed by atoms with Crippen molar-refractivity contribution in [1.29, 1.82) is 0 Å². The summed E-state index contributed by atoms with van der Waals surface area (Å²) >= 11 is 0. The number of amides is 1. The van der Waals surface area contributed by atoms with Gasteiger partial charge in [-0.15, -0.1) is 0 Å². The molecule has 106 valence electrons. The summed E-state index contributed by atoms with van der Waals surface area (Å²) < 4.78 is 5.43. The zero-order valence-corrected chi connectivity index (χ0v) is 12.1. The number of furan rings is 1. The second kappa shape index (κ2) is 6.39. The van der Waals surface area contributed by atoms with Crippen LogP contribution in [-0.4, -0.2) is 31.4 Å². The third kappa shape index (κ3) is 3.27. The van der Waals surface area contributed by atoms with Gasteiger partial charge >= 0.3 is 0 Å². The van der Waals surface area contributed by atoms with E-state index in [1.165, 1.54) is 0 Å². The van der Waals surface area contributed by atoms with Crippen LogP contribution in [0.1, 0.15) is 27.7 Å². The molecule has 1 N–H and O–H groups in total. The van der Waals surface area contributed by atoms with Crippen molar-refractivity contribution in [1.82, 2.24) is 10.2 Å². The summed E-state index contributed by atoms with van der Waals surface area (Å²) in [5.41, 5.74) is 1.69. The fourth-order valence-corrected chi connectivity index (χ4v) is 2.13. The molecule has 0 saturated carbocycles. The number of likely N-dealkylation sites (N-methyl/N-ethyl adjacent to an activating group) is 1. The molecule has 2 aromatic rings. The molecule has 4 nitrogen and oxygen atoms in total. The van der Waals surface area contributed by atoms with Gasteiger partial charge in [0.25, 0.3) is 5.91 Å². The highest BCUT2D eigenvalue weighted by Gasteiger charge is 2.18. The standard InChI is InChI=1S/C16H20N2O2/c1-12-7-4-5-8-13(12)16(19)17-11-14(18(2)3)15-9-6-10-20-15/h4-10,14H,11H2,1-3H3,(H,17,19). The summed E-state index contributed by atoms with van der Waals surface area (Å²) in [7, 11) is 3.93. The third-order valence-electron chi connectivity index (χ3n) is 3.34. The molecule has 0 radical (unpaired) electrons. The Morgan fingerprint density at radius 1 is 1.25 bits per heavy atom. The molecule has 1 atom stereocenters. The highest BCUT2D eigenvalue weighted by atomic mass is 16.3. The Morgan fingerprint density at radius 2 is 2.00 bits per heavy atom. The predicted octanol–water partition coefficient (Wildman–Crippen LogP) is 2.62. The van der Waals surface area contributed by atoms with E-state index < -0.39 is 0 Å². The first kappa shape index (κ1) is 14.3. The van der Waals surface area contributed by atoms with Crippen LogP contribution in [0.3, 0.4) is 0 Å². The van der Waals surface area contributed by atoms with Crippen LogP contribution in [0.5, 0.6) is 0 Å². The number of nitrogens with one attached hydrogen (secondary N) is 1. The van der Waals surface area contributed by atoms with Gasteiger partial charge in [0.2, 0.25) is 0 Å². The lowest BCUT2D eigenvalue weighted by Gasteiger charge is -2.22. The lowest BCUT2D eigenvalue weighted by atomic mass is 10.1. The SMILES string of the molecule is Cc1ccccc1C(=O)NCC(c1ccco1)N(C)C. The fraction of sp³-hybridized carbons (Fsp3) is 0.312. The quantitative estimate of drug-likeness (QED) is 0.910. The molecule has 1 unspecified atom stereocenters. The average Bonchev–Trinajstić information content (AvgIpc) is 2.92. The van der Waals surface area contributed by atoms with Gasteiger partial charge < -0.3 is 9.73 Å². The summed E-state index contributed by atoms with van der Waals surface area (Å²) in [4.78, 5) is 14.2. The number of benzene rings is 1. The first-order valence-electron chi connectivity index (χ1n) is 6.63. The zero-order chi connectivity index (χ0) is 14.5. The zero-order valence-electron chi connectivity index (χ0n) is 12.1. The van der Waals surface area contributed by atoms with Crippen molar-refractivity contribution in [3.63, 3.8) is 0 Å². The molecule has 0 bridgehead atoms. The smallest absolute Gasteiger partial charge is 0.251 e. The Bertz CT molecular complexity index is 562. The van der Waals surface area contributed by atoms with E-state index in [9.17, 15) is 4.79 Å². The maximum Gasteiger partial charge on any atom is 0.251 e. The van der Waals surface area contributed by atoms with E-state index in [2.05, 4.69) is 5.32 Å². The molecule has 1 amide bonds. The van der Waals surface area contributed by atoms with Gasteiger partial charge in [0.1, 0.15) is 5.76 Å². The minimum atomic E-state index is -0.0542. The van der Waals surface area contributed by atoms with Gasteiger partial charge in [-0.2, -0.15) is 0 Å². The number of nitrogens with zero attached hydrogens (tertiary/aromatic N) is 1. The molecule has 2 rings (SSSR count). The Labute approximate surface area is 119 Å². The van der Waals surface area contributed by atoms with Crippen LogP contribution in [0.4, 0.5) is 0 Å². The molecular weight excluding hydrogens is 252 g/mol. The van der Waals surface area contributed by atoms with E-state index in [0.717, 1.165) is 11.3 Å². The number of hydrogen-bond donors (Lipinski definition) is 1. The van der Waals surface area contributed by atoms with Crippen LogP contribution in [-0.2, 0) is 0 Å². The lowest BCUT2D eigenvalue weighted by Crippen LogP contribution is -2.34. The summed E-state index contributed by atoms with van der Waals surface area (Å²) in [6.07, 6.45) is 1.65. The first-order chi connectivity index (χ1) is 9.59. The average molecular weight is 272 g/mol.